The molecule has 1 fully saturated rings. The van der Waals surface area contributed by atoms with Gasteiger partial charge in [0, 0.05) is 30.4 Å². The van der Waals surface area contributed by atoms with Crippen LogP contribution in [0, 0.1) is 5.82 Å². The van der Waals surface area contributed by atoms with Crippen LogP contribution in [0.1, 0.15) is 6.42 Å². The minimum absolute atomic E-state index is 0.0115. The maximum atomic E-state index is 13.5. The van der Waals surface area contributed by atoms with Crippen molar-refractivity contribution in [3.63, 3.8) is 0 Å². The SMILES string of the molecule is COc1cc(OCC2CC(O)CN2)c2c(Nc3ccc(F)c(Cl)c3)ncnc2c1. The van der Waals surface area contributed by atoms with Crippen LogP contribution in [0.5, 0.6) is 11.5 Å². The van der Waals surface area contributed by atoms with E-state index in [0.717, 1.165) is 0 Å². The van der Waals surface area contributed by atoms with Crippen LogP contribution in [0.15, 0.2) is 36.7 Å². The molecule has 3 N–H and O–H groups in total. The molecule has 29 heavy (non-hydrogen) atoms. The summed E-state index contributed by atoms with van der Waals surface area (Å²) in [5.74, 6) is 1.14. The smallest absolute Gasteiger partial charge is 0.145 e. The lowest BCUT2D eigenvalue weighted by molar-refractivity contribution is 0.187. The highest BCUT2D eigenvalue weighted by molar-refractivity contribution is 6.31. The lowest BCUT2D eigenvalue weighted by Crippen LogP contribution is -2.28. The second kappa shape index (κ2) is 8.36. The molecule has 0 spiro atoms. The molecule has 0 bridgehead atoms. The summed E-state index contributed by atoms with van der Waals surface area (Å²) in [4.78, 5) is 8.65. The molecule has 2 heterocycles. The molecule has 1 saturated heterocycles. The number of fused-ring (bicyclic) bond motifs is 1. The monoisotopic (exact) mass is 418 g/mol. The summed E-state index contributed by atoms with van der Waals surface area (Å²) in [5, 5.41) is 16.7. The highest BCUT2D eigenvalue weighted by Gasteiger charge is 2.23. The normalized spacial score (nSPS) is 18.8. The summed E-state index contributed by atoms with van der Waals surface area (Å²) in [7, 11) is 1.57. The average Bonchev–Trinajstić information content (AvgIpc) is 3.14. The van der Waals surface area contributed by atoms with Crippen molar-refractivity contribution >= 4 is 34.0 Å². The molecular weight excluding hydrogens is 399 g/mol. The average molecular weight is 419 g/mol. The summed E-state index contributed by atoms with van der Waals surface area (Å²) < 4.78 is 24.9. The van der Waals surface area contributed by atoms with Crippen LogP contribution in [0.4, 0.5) is 15.9 Å². The first-order valence-corrected chi connectivity index (χ1v) is 9.50. The molecule has 2 aromatic carbocycles. The predicted molar refractivity (Wildman–Crippen MR) is 109 cm³/mol. The number of hydrogen-bond donors (Lipinski definition) is 3. The number of benzene rings is 2. The fourth-order valence-corrected chi connectivity index (χ4v) is 3.46. The molecule has 7 nitrogen and oxygen atoms in total. The van der Waals surface area contributed by atoms with Gasteiger partial charge < -0.3 is 25.2 Å². The van der Waals surface area contributed by atoms with Crippen molar-refractivity contribution in [2.24, 2.45) is 0 Å². The standard InChI is InChI=1S/C20H20ClFN4O3/c1-28-14-6-17-19(18(7-14)29-9-12-4-13(27)8-23-12)20(25-10-24-17)26-11-2-3-16(22)15(21)5-11/h2-3,5-7,10,12-13,23,27H,4,8-9H2,1H3,(H,24,25,26). The fraction of sp³-hybridized carbons (Fsp3) is 0.300. The van der Waals surface area contributed by atoms with Gasteiger partial charge in [0.15, 0.2) is 0 Å². The number of anilines is 2. The first-order valence-electron chi connectivity index (χ1n) is 9.12. The van der Waals surface area contributed by atoms with Crippen LogP contribution in [0.25, 0.3) is 10.9 Å². The Balaban J connectivity index is 1.69. The Labute approximate surface area is 171 Å². The molecule has 0 aliphatic carbocycles. The number of nitrogens with one attached hydrogen (secondary N) is 2. The van der Waals surface area contributed by atoms with Gasteiger partial charge in [0.05, 0.1) is 29.1 Å². The molecule has 152 valence electrons. The number of halogens is 2. The molecule has 1 aromatic heterocycles. The number of rotatable bonds is 6. The second-order valence-electron chi connectivity index (χ2n) is 6.80. The Morgan fingerprint density at radius 3 is 2.90 bits per heavy atom. The van der Waals surface area contributed by atoms with Crippen molar-refractivity contribution < 1.29 is 19.0 Å². The van der Waals surface area contributed by atoms with Gasteiger partial charge >= 0.3 is 0 Å². The van der Waals surface area contributed by atoms with Crippen molar-refractivity contribution in [1.82, 2.24) is 15.3 Å². The summed E-state index contributed by atoms with van der Waals surface area (Å²) in [5.41, 5.74) is 1.21. The Kier molecular flexibility index (Phi) is 5.66. The molecule has 2 unspecified atom stereocenters. The summed E-state index contributed by atoms with van der Waals surface area (Å²) in [6.45, 7) is 0.921. The van der Waals surface area contributed by atoms with E-state index in [-0.39, 0.29) is 17.2 Å². The number of nitrogens with zero attached hydrogens (tertiary/aromatic N) is 2. The van der Waals surface area contributed by atoms with Crippen LogP contribution in [0.3, 0.4) is 0 Å². The van der Waals surface area contributed by atoms with Crippen molar-refractivity contribution in [3.05, 3.63) is 47.5 Å². The van der Waals surface area contributed by atoms with Crippen LogP contribution < -0.4 is 20.1 Å². The molecule has 2 atom stereocenters. The minimum atomic E-state index is -0.496. The van der Waals surface area contributed by atoms with Crippen LogP contribution in [-0.4, -0.2) is 47.5 Å². The highest BCUT2D eigenvalue weighted by atomic mass is 35.5. The van der Waals surface area contributed by atoms with Gasteiger partial charge in [-0.2, -0.15) is 0 Å². The van der Waals surface area contributed by atoms with E-state index in [4.69, 9.17) is 21.1 Å². The van der Waals surface area contributed by atoms with Gasteiger partial charge in [-0.15, -0.1) is 0 Å². The molecule has 9 heteroatoms. The number of ether oxygens (including phenoxy) is 2. The maximum Gasteiger partial charge on any atom is 0.145 e. The van der Waals surface area contributed by atoms with E-state index in [0.29, 0.717) is 53.5 Å². The highest BCUT2D eigenvalue weighted by Crippen LogP contribution is 2.36. The van der Waals surface area contributed by atoms with Gasteiger partial charge in [0.25, 0.3) is 0 Å². The van der Waals surface area contributed by atoms with E-state index < -0.39 is 5.82 Å². The topological polar surface area (TPSA) is 88.5 Å². The van der Waals surface area contributed by atoms with Crippen LogP contribution in [-0.2, 0) is 0 Å². The lowest BCUT2D eigenvalue weighted by Gasteiger charge is -2.17. The zero-order valence-corrected chi connectivity index (χ0v) is 16.4. The van der Waals surface area contributed by atoms with Crippen molar-refractivity contribution in [2.45, 2.75) is 18.6 Å². The van der Waals surface area contributed by atoms with Crippen LogP contribution in [0.2, 0.25) is 5.02 Å². The summed E-state index contributed by atoms with van der Waals surface area (Å²) >= 11 is 5.89. The number of methoxy groups -OCH3 is 1. The van der Waals surface area contributed by atoms with E-state index in [1.54, 1.807) is 25.3 Å². The van der Waals surface area contributed by atoms with Gasteiger partial charge in [-0.3, -0.25) is 0 Å². The Hall–Kier alpha value is -2.68. The van der Waals surface area contributed by atoms with Crippen molar-refractivity contribution in [2.75, 3.05) is 25.6 Å². The fourth-order valence-electron chi connectivity index (χ4n) is 3.28. The second-order valence-corrected chi connectivity index (χ2v) is 7.21. The van der Waals surface area contributed by atoms with Crippen molar-refractivity contribution in [1.29, 1.82) is 0 Å². The summed E-state index contributed by atoms with van der Waals surface area (Å²) in [6.07, 6.45) is 1.68. The zero-order chi connectivity index (χ0) is 20.4. The molecule has 0 saturated carbocycles. The third-order valence-corrected chi connectivity index (χ3v) is 5.02. The maximum absolute atomic E-state index is 13.5. The van der Waals surface area contributed by atoms with E-state index >= 15 is 0 Å². The Bertz CT molecular complexity index is 1040. The first-order chi connectivity index (χ1) is 14.0. The largest absolute Gasteiger partial charge is 0.497 e. The molecule has 0 amide bonds. The number of β-amino-alcohol motifs (C(OH)–C–C–N with tert-alkyl or cyclic N) is 1. The number of aliphatic hydroxyl groups excluding tert-OH is 1. The van der Waals surface area contributed by atoms with Crippen LogP contribution >= 0.6 is 11.6 Å². The molecule has 1 aliphatic rings. The van der Waals surface area contributed by atoms with Gasteiger partial charge in [0.2, 0.25) is 0 Å². The summed E-state index contributed by atoms with van der Waals surface area (Å²) in [6, 6.07) is 7.93. The Morgan fingerprint density at radius 2 is 2.17 bits per heavy atom. The third-order valence-electron chi connectivity index (χ3n) is 4.73. The molecule has 3 aromatic rings. The molecule has 4 rings (SSSR count). The lowest BCUT2D eigenvalue weighted by atomic mass is 10.2. The minimum Gasteiger partial charge on any atom is -0.497 e. The Morgan fingerprint density at radius 1 is 1.31 bits per heavy atom. The first kappa shape index (κ1) is 19.6. The molecular formula is C20H20ClFN4O3. The van der Waals surface area contributed by atoms with E-state index in [1.807, 2.05) is 0 Å². The van der Waals surface area contributed by atoms with E-state index in [2.05, 4.69) is 20.6 Å². The molecule has 0 radical (unpaired) electrons. The van der Waals surface area contributed by atoms with E-state index in [9.17, 15) is 9.50 Å². The zero-order valence-electron chi connectivity index (χ0n) is 15.7. The number of aliphatic hydroxyl groups is 1. The van der Waals surface area contributed by atoms with Gasteiger partial charge in [-0.05, 0) is 24.6 Å². The number of aromatic nitrogens is 2. The van der Waals surface area contributed by atoms with Gasteiger partial charge in [0.1, 0.15) is 36.1 Å². The van der Waals surface area contributed by atoms with Gasteiger partial charge in [-0.1, -0.05) is 11.6 Å². The van der Waals surface area contributed by atoms with Gasteiger partial charge in [-0.25, -0.2) is 14.4 Å². The third kappa shape index (κ3) is 4.34. The van der Waals surface area contributed by atoms with E-state index in [1.165, 1.54) is 18.5 Å². The predicted octanol–water partition coefficient (Wildman–Crippen LogP) is 3.28. The van der Waals surface area contributed by atoms with Crippen molar-refractivity contribution in [3.8, 4) is 11.5 Å². The quantitative estimate of drug-likeness (QED) is 0.566. The molecule has 1 aliphatic heterocycles. The number of hydrogen-bond acceptors (Lipinski definition) is 7.